The summed E-state index contributed by atoms with van der Waals surface area (Å²) in [5, 5.41) is 1.49. The zero-order valence-electron chi connectivity index (χ0n) is 17.0. The maximum atomic E-state index is 13.2. The van der Waals surface area contributed by atoms with Crippen LogP contribution in [0.15, 0.2) is 78.3 Å². The van der Waals surface area contributed by atoms with Gasteiger partial charge in [-0.1, -0.05) is 18.2 Å². The highest BCUT2D eigenvalue weighted by Crippen LogP contribution is 2.39. The molecule has 0 bridgehead atoms. The van der Waals surface area contributed by atoms with Crippen molar-refractivity contribution in [3.63, 3.8) is 0 Å². The monoisotopic (exact) mass is 417 g/mol. The SMILES string of the molecule is CC1=C(C(N)=O)C(=O)N(c2ccccc2)[N+]1(C)c1ccc(Oc2ccnc(N)c2)cn1. The van der Waals surface area contributed by atoms with Crippen molar-refractivity contribution in [2.24, 2.45) is 5.73 Å². The number of hydrogen-bond donors (Lipinski definition) is 2. The molecule has 3 aromatic rings. The molecule has 1 aliphatic rings. The van der Waals surface area contributed by atoms with Crippen molar-refractivity contribution in [2.45, 2.75) is 6.92 Å². The summed E-state index contributed by atoms with van der Waals surface area (Å²) in [5.41, 5.74) is 12.2. The summed E-state index contributed by atoms with van der Waals surface area (Å²) >= 11 is 0. The fourth-order valence-corrected chi connectivity index (χ4v) is 3.60. The number of carbonyl (C=O) groups excluding carboxylic acids is 2. The second kappa shape index (κ2) is 7.54. The number of amides is 2. The van der Waals surface area contributed by atoms with Gasteiger partial charge in [-0.3, -0.25) is 9.59 Å². The maximum Gasteiger partial charge on any atom is 0.316 e. The van der Waals surface area contributed by atoms with Gasteiger partial charge in [0.05, 0.1) is 11.9 Å². The molecule has 9 nitrogen and oxygen atoms in total. The Bertz CT molecular complexity index is 1190. The number of anilines is 2. The molecule has 4 rings (SSSR count). The Labute approximate surface area is 178 Å². The van der Waals surface area contributed by atoms with Crippen LogP contribution in [0.5, 0.6) is 11.5 Å². The number of para-hydroxylation sites is 1. The summed E-state index contributed by atoms with van der Waals surface area (Å²) in [6.07, 6.45) is 3.09. The molecule has 31 heavy (non-hydrogen) atoms. The van der Waals surface area contributed by atoms with E-state index in [9.17, 15) is 9.59 Å². The molecule has 2 amide bonds. The number of nitrogen functional groups attached to an aromatic ring is 1. The molecule has 1 aliphatic heterocycles. The molecule has 0 spiro atoms. The Hall–Kier alpha value is -4.24. The highest BCUT2D eigenvalue weighted by Gasteiger charge is 2.53. The molecule has 1 atom stereocenters. The predicted molar refractivity (Wildman–Crippen MR) is 117 cm³/mol. The smallest absolute Gasteiger partial charge is 0.316 e. The number of benzene rings is 1. The lowest BCUT2D eigenvalue weighted by molar-refractivity contribution is -0.120. The van der Waals surface area contributed by atoms with Gasteiger partial charge in [-0.15, -0.1) is 9.60 Å². The van der Waals surface area contributed by atoms with Gasteiger partial charge < -0.3 is 16.2 Å². The van der Waals surface area contributed by atoms with E-state index in [1.165, 1.54) is 5.01 Å². The first-order valence-electron chi connectivity index (χ1n) is 9.46. The molecule has 0 radical (unpaired) electrons. The molecule has 0 fully saturated rings. The molecule has 156 valence electrons. The second-order valence-electron chi connectivity index (χ2n) is 7.11. The fourth-order valence-electron chi connectivity index (χ4n) is 3.60. The van der Waals surface area contributed by atoms with Gasteiger partial charge in [-0.05, 0) is 24.3 Å². The Morgan fingerprint density at radius 2 is 1.81 bits per heavy atom. The fraction of sp³-hybridized carbons (Fsp3) is 0.0909. The lowest BCUT2D eigenvalue weighted by Crippen LogP contribution is -2.56. The summed E-state index contributed by atoms with van der Waals surface area (Å²) in [5.74, 6) is 0.599. The quantitative estimate of drug-likeness (QED) is 0.485. The van der Waals surface area contributed by atoms with E-state index in [-0.39, 0.29) is 10.2 Å². The number of hydrogen-bond acceptors (Lipinski definition) is 6. The van der Waals surface area contributed by atoms with Crippen LogP contribution in [0.3, 0.4) is 0 Å². The van der Waals surface area contributed by atoms with Crippen molar-refractivity contribution in [1.82, 2.24) is 14.6 Å². The van der Waals surface area contributed by atoms with Crippen LogP contribution >= 0.6 is 0 Å². The Morgan fingerprint density at radius 3 is 2.42 bits per heavy atom. The zero-order valence-corrected chi connectivity index (χ0v) is 17.0. The van der Waals surface area contributed by atoms with Crippen molar-refractivity contribution in [1.29, 1.82) is 0 Å². The Morgan fingerprint density at radius 1 is 1.06 bits per heavy atom. The first-order chi connectivity index (χ1) is 14.8. The van der Waals surface area contributed by atoms with Crippen molar-refractivity contribution in [3.8, 4) is 11.5 Å². The van der Waals surface area contributed by atoms with Gasteiger partial charge in [0, 0.05) is 25.3 Å². The molecular formula is C22H21N6O3+. The average Bonchev–Trinajstić information content (AvgIpc) is 2.95. The number of pyridine rings is 2. The number of ether oxygens (including phenoxy) is 1. The van der Waals surface area contributed by atoms with Crippen LogP contribution < -0.4 is 25.8 Å². The van der Waals surface area contributed by atoms with E-state index in [1.54, 1.807) is 62.8 Å². The molecule has 0 saturated heterocycles. The van der Waals surface area contributed by atoms with Gasteiger partial charge in [-0.2, -0.15) is 4.98 Å². The highest BCUT2D eigenvalue weighted by atomic mass is 16.5. The minimum absolute atomic E-state index is 0.0549. The third-order valence-corrected chi connectivity index (χ3v) is 5.22. The third-order valence-electron chi connectivity index (χ3n) is 5.22. The molecular weight excluding hydrogens is 396 g/mol. The van der Waals surface area contributed by atoms with Gasteiger partial charge in [0.15, 0.2) is 11.3 Å². The molecule has 1 aromatic carbocycles. The molecule has 9 heteroatoms. The number of aromatic nitrogens is 2. The maximum absolute atomic E-state index is 13.2. The molecule has 2 aromatic heterocycles. The van der Waals surface area contributed by atoms with E-state index in [4.69, 9.17) is 16.2 Å². The van der Waals surface area contributed by atoms with E-state index in [0.29, 0.717) is 34.5 Å². The lowest BCUT2D eigenvalue weighted by Gasteiger charge is -2.36. The summed E-state index contributed by atoms with van der Waals surface area (Å²) in [6.45, 7) is 1.70. The largest absolute Gasteiger partial charge is 0.456 e. The van der Waals surface area contributed by atoms with Crippen LogP contribution in [0.4, 0.5) is 17.3 Å². The molecule has 0 aliphatic carbocycles. The van der Waals surface area contributed by atoms with Gasteiger partial charge in [0.2, 0.25) is 0 Å². The number of nitrogens with zero attached hydrogens (tertiary/aromatic N) is 4. The van der Waals surface area contributed by atoms with Gasteiger partial charge in [0.1, 0.15) is 24.4 Å². The normalized spacial score (nSPS) is 18.4. The standard InChI is InChI=1S/C22H20N6O3/c1-14-20(21(24)29)22(30)27(15-6-4-3-5-7-15)28(14,2)19-9-8-17(13-26-19)31-16-10-11-25-18(23)12-16/h3-13H,1-2H3,(H3-,23,24,25,29)/p+1. The summed E-state index contributed by atoms with van der Waals surface area (Å²) < 4.78 is 5.62. The summed E-state index contributed by atoms with van der Waals surface area (Å²) in [7, 11) is 1.78. The van der Waals surface area contributed by atoms with Crippen LogP contribution in [0.1, 0.15) is 6.92 Å². The number of nitrogens with two attached hydrogens (primary N) is 2. The van der Waals surface area contributed by atoms with Crippen LogP contribution in [0, 0.1) is 0 Å². The first kappa shape index (κ1) is 20.0. The molecule has 4 N–H and O–H groups in total. The van der Waals surface area contributed by atoms with E-state index in [1.807, 2.05) is 18.2 Å². The second-order valence-corrected chi connectivity index (χ2v) is 7.11. The van der Waals surface area contributed by atoms with E-state index < -0.39 is 11.8 Å². The van der Waals surface area contributed by atoms with Crippen molar-refractivity contribution >= 4 is 29.1 Å². The predicted octanol–water partition coefficient (Wildman–Crippen LogP) is 2.51. The van der Waals surface area contributed by atoms with Crippen molar-refractivity contribution in [2.75, 3.05) is 17.8 Å². The van der Waals surface area contributed by atoms with Crippen molar-refractivity contribution < 1.29 is 14.3 Å². The van der Waals surface area contributed by atoms with Gasteiger partial charge >= 0.3 is 5.91 Å². The minimum atomic E-state index is -0.777. The average molecular weight is 417 g/mol. The van der Waals surface area contributed by atoms with E-state index >= 15 is 0 Å². The van der Waals surface area contributed by atoms with E-state index in [0.717, 1.165) is 0 Å². The highest BCUT2D eigenvalue weighted by molar-refractivity contribution is 6.26. The van der Waals surface area contributed by atoms with Crippen molar-refractivity contribution in [3.05, 3.63) is 78.3 Å². The van der Waals surface area contributed by atoms with Gasteiger partial charge in [0.25, 0.3) is 11.7 Å². The van der Waals surface area contributed by atoms with Crippen LogP contribution in [0.25, 0.3) is 0 Å². The third kappa shape index (κ3) is 3.36. The number of primary amides is 1. The van der Waals surface area contributed by atoms with E-state index in [2.05, 4.69) is 9.97 Å². The summed E-state index contributed by atoms with van der Waals surface area (Å²) in [6, 6.07) is 15.8. The summed E-state index contributed by atoms with van der Waals surface area (Å²) in [4.78, 5) is 33.7. The van der Waals surface area contributed by atoms with Crippen LogP contribution in [0.2, 0.25) is 0 Å². The number of quaternary nitrogens is 1. The number of carbonyl (C=O) groups is 2. The minimum Gasteiger partial charge on any atom is -0.456 e. The Balaban J connectivity index is 1.75. The molecule has 0 saturated carbocycles. The van der Waals surface area contributed by atoms with Crippen LogP contribution in [-0.2, 0) is 9.59 Å². The number of rotatable bonds is 5. The zero-order chi connectivity index (χ0) is 22.2. The first-order valence-corrected chi connectivity index (χ1v) is 9.46. The van der Waals surface area contributed by atoms with Gasteiger partial charge in [-0.25, -0.2) is 4.98 Å². The van der Waals surface area contributed by atoms with Crippen LogP contribution in [-0.4, -0.2) is 28.8 Å². The number of allylic oxidation sites excluding steroid dienone is 1. The molecule has 3 heterocycles. The topological polar surface area (TPSA) is 124 Å². The lowest BCUT2D eigenvalue weighted by atomic mass is 10.2. The Kier molecular flexibility index (Phi) is 4.88. The molecule has 1 unspecified atom stereocenters.